The van der Waals surface area contributed by atoms with Crippen LogP contribution in [0.4, 0.5) is 5.82 Å². The first-order chi connectivity index (χ1) is 10.5. The van der Waals surface area contributed by atoms with E-state index < -0.39 is 5.97 Å². The smallest absolute Gasteiger partial charge is 0.339 e. The van der Waals surface area contributed by atoms with Gasteiger partial charge in [0.2, 0.25) is 0 Å². The lowest BCUT2D eigenvalue weighted by molar-refractivity contribution is 0.0697. The van der Waals surface area contributed by atoms with Gasteiger partial charge in [0, 0.05) is 44.5 Å². The third-order valence-electron chi connectivity index (χ3n) is 4.28. The normalized spacial score (nSPS) is 18.1. The zero-order valence-electron chi connectivity index (χ0n) is 13.7. The molecule has 0 aliphatic carbocycles. The van der Waals surface area contributed by atoms with E-state index in [1.165, 1.54) is 0 Å². The molecule has 0 saturated carbocycles. The quantitative estimate of drug-likeness (QED) is 0.830. The van der Waals surface area contributed by atoms with Crippen LogP contribution in [0.25, 0.3) is 0 Å². The van der Waals surface area contributed by atoms with Gasteiger partial charge in [-0.2, -0.15) is 0 Å². The number of nitrogens with one attached hydrogen (secondary N) is 1. The van der Waals surface area contributed by atoms with Gasteiger partial charge in [-0.15, -0.1) is 0 Å². The number of anilines is 1. The Bertz CT molecular complexity index is 513. The third-order valence-corrected chi connectivity index (χ3v) is 4.28. The number of carbonyl (C=O) groups is 1. The summed E-state index contributed by atoms with van der Waals surface area (Å²) in [6.45, 7) is 9.24. The Hall–Kier alpha value is -1.66. The highest BCUT2D eigenvalue weighted by molar-refractivity contribution is 5.93. The van der Waals surface area contributed by atoms with E-state index in [1.54, 1.807) is 12.1 Å². The van der Waals surface area contributed by atoms with Gasteiger partial charge in [0.05, 0.1) is 0 Å². The molecule has 0 bridgehead atoms. The highest BCUT2D eigenvalue weighted by Gasteiger charge is 2.19. The molecule has 0 amide bonds. The van der Waals surface area contributed by atoms with E-state index in [1.807, 2.05) is 6.92 Å². The molecule has 2 rings (SSSR count). The molecule has 0 unspecified atom stereocenters. The standard InChI is InChI=1S/C16H26N4O2/c1-12-4-5-14(16(21)22)15(18-12)17-7-6-13(2)20-10-8-19(3)9-11-20/h4-5,13H,6-11H2,1-3H3,(H,17,18)(H,21,22)/t13-/m1/s1. The number of piperazine rings is 1. The fraction of sp³-hybridized carbons (Fsp3) is 0.625. The first kappa shape index (κ1) is 16.7. The molecule has 1 aliphatic rings. The summed E-state index contributed by atoms with van der Waals surface area (Å²) in [4.78, 5) is 20.4. The number of aryl methyl sites for hydroxylation is 1. The van der Waals surface area contributed by atoms with E-state index in [-0.39, 0.29) is 5.56 Å². The Labute approximate surface area is 132 Å². The molecule has 6 heteroatoms. The molecular formula is C16H26N4O2. The molecule has 1 aliphatic heterocycles. The minimum atomic E-state index is -0.942. The molecule has 1 fully saturated rings. The molecule has 1 aromatic rings. The van der Waals surface area contributed by atoms with E-state index >= 15 is 0 Å². The highest BCUT2D eigenvalue weighted by atomic mass is 16.4. The number of aromatic carboxylic acids is 1. The molecule has 1 saturated heterocycles. The molecular weight excluding hydrogens is 280 g/mol. The second-order valence-corrected chi connectivity index (χ2v) is 6.06. The van der Waals surface area contributed by atoms with Gasteiger partial charge >= 0.3 is 5.97 Å². The number of likely N-dealkylation sites (N-methyl/N-ethyl adjacent to an activating group) is 1. The maximum absolute atomic E-state index is 11.2. The predicted octanol–water partition coefficient (Wildman–Crippen LogP) is 1.53. The van der Waals surface area contributed by atoms with E-state index in [0.717, 1.165) is 44.8 Å². The van der Waals surface area contributed by atoms with Gasteiger partial charge in [-0.25, -0.2) is 9.78 Å². The summed E-state index contributed by atoms with van der Waals surface area (Å²) in [6, 6.07) is 3.82. The maximum atomic E-state index is 11.2. The van der Waals surface area contributed by atoms with E-state index in [0.29, 0.717) is 11.9 Å². The van der Waals surface area contributed by atoms with Gasteiger partial charge in [0.25, 0.3) is 0 Å². The van der Waals surface area contributed by atoms with Gasteiger partial charge < -0.3 is 15.3 Å². The Kier molecular flexibility index (Phi) is 5.74. The summed E-state index contributed by atoms with van der Waals surface area (Å²) in [5.74, 6) is -0.472. The average Bonchev–Trinajstić information content (AvgIpc) is 2.47. The number of pyridine rings is 1. The zero-order chi connectivity index (χ0) is 16.1. The van der Waals surface area contributed by atoms with Gasteiger partial charge in [-0.05, 0) is 39.4 Å². The molecule has 2 N–H and O–H groups in total. The van der Waals surface area contributed by atoms with Crippen molar-refractivity contribution in [2.75, 3.05) is 45.1 Å². The average molecular weight is 306 g/mol. The van der Waals surface area contributed by atoms with Crippen LogP contribution in [0, 0.1) is 6.92 Å². The van der Waals surface area contributed by atoms with Crippen molar-refractivity contribution in [3.8, 4) is 0 Å². The van der Waals surface area contributed by atoms with Crippen molar-refractivity contribution in [1.29, 1.82) is 0 Å². The topological polar surface area (TPSA) is 68.7 Å². The van der Waals surface area contributed by atoms with Gasteiger partial charge in [-0.1, -0.05) is 0 Å². The first-order valence-corrected chi connectivity index (χ1v) is 7.85. The monoisotopic (exact) mass is 306 g/mol. The van der Waals surface area contributed by atoms with Crippen molar-refractivity contribution in [1.82, 2.24) is 14.8 Å². The number of rotatable bonds is 6. The number of hydrogen-bond acceptors (Lipinski definition) is 5. The Morgan fingerprint density at radius 2 is 2.05 bits per heavy atom. The van der Waals surface area contributed by atoms with Crippen LogP contribution < -0.4 is 5.32 Å². The fourth-order valence-electron chi connectivity index (χ4n) is 2.71. The van der Waals surface area contributed by atoms with Crippen LogP contribution in [0.2, 0.25) is 0 Å². The number of aromatic nitrogens is 1. The van der Waals surface area contributed by atoms with Gasteiger partial charge in [-0.3, -0.25) is 4.90 Å². The summed E-state index contributed by atoms with van der Waals surface area (Å²) in [6.07, 6.45) is 0.971. The van der Waals surface area contributed by atoms with Crippen LogP contribution >= 0.6 is 0 Å². The highest BCUT2D eigenvalue weighted by Crippen LogP contribution is 2.14. The zero-order valence-corrected chi connectivity index (χ0v) is 13.7. The van der Waals surface area contributed by atoms with Crippen molar-refractivity contribution < 1.29 is 9.90 Å². The minimum absolute atomic E-state index is 0.234. The fourth-order valence-corrected chi connectivity index (χ4v) is 2.71. The van der Waals surface area contributed by atoms with Crippen LogP contribution in [0.1, 0.15) is 29.4 Å². The molecule has 0 aromatic carbocycles. The molecule has 0 radical (unpaired) electrons. The summed E-state index contributed by atoms with van der Waals surface area (Å²) in [5.41, 5.74) is 1.05. The van der Waals surface area contributed by atoms with Crippen LogP contribution in [0.15, 0.2) is 12.1 Å². The van der Waals surface area contributed by atoms with E-state index in [2.05, 4.69) is 34.1 Å². The second-order valence-electron chi connectivity index (χ2n) is 6.06. The first-order valence-electron chi connectivity index (χ1n) is 7.85. The third kappa shape index (κ3) is 4.42. The van der Waals surface area contributed by atoms with Crippen LogP contribution in [-0.2, 0) is 0 Å². The maximum Gasteiger partial charge on any atom is 0.339 e. The number of carboxylic acid groups (broad SMARTS) is 1. The molecule has 0 spiro atoms. The molecule has 2 heterocycles. The van der Waals surface area contributed by atoms with Crippen molar-refractivity contribution in [2.24, 2.45) is 0 Å². The summed E-state index contributed by atoms with van der Waals surface area (Å²) >= 11 is 0. The van der Waals surface area contributed by atoms with E-state index in [9.17, 15) is 9.90 Å². The van der Waals surface area contributed by atoms with Crippen LogP contribution in [0.3, 0.4) is 0 Å². The summed E-state index contributed by atoms with van der Waals surface area (Å²) in [5, 5.41) is 12.4. The van der Waals surface area contributed by atoms with Gasteiger partial charge in [0.15, 0.2) is 0 Å². The lowest BCUT2D eigenvalue weighted by Crippen LogP contribution is -2.48. The van der Waals surface area contributed by atoms with Crippen molar-refractivity contribution in [3.63, 3.8) is 0 Å². The Morgan fingerprint density at radius 3 is 2.68 bits per heavy atom. The molecule has 6 nitrogen and oxygen atoms in total. The largest absolute Gasteiger partial charge is 0.478 e. The lowest BCUT2D eigenvalue weighted by atomic mass is 10.1. The van der Waals surface area contributed by atoms with Crippen LogP contribution in [0.5, 0.6) is 0 Å². The van der Waals surface area contributed by atoms with Gasteiger partial charge in [0.1, 0.15) is 11.4 Å². The molecule has 122 valence electrons. The molecule has 1 atom stereocenters. The number of hydrogen-bond donors (Lipinski definition) is 2. The summed E-state index contributed by atoms with van der Waals surface area (Å²) in [7, 11) is 2.15. The lowest BCUT2D eigenvalue weighted by Gasteiger charge is -2.36. The Balaban J connectivity index is 1.85. The van der Waals surface area contributed by atoms with Crippen molar-refractivity contribution in [3.05, 3.63) is 23.4 Å². The van der Waals surface area contributed by atoms with Crippen molar-refractivity contribution in [2.45, 2.75) is 26.3 Å². The minimum Gasteiger partial charge on any atom is -0.478 e. The SMILES string of the molecule is Cc1ccc(C(=O)O)c(NCC[C@@H](C)N2CCN(C)CC2)n1. The summed E-state index contributed by atoms with van der Waals surface area (Å²) < 4.78 is 0. The molecule has 1 aromatic heterocycles. The van der Waals surface area contributed by atoms with Crippen molar-refractivity contribution >= 4 is 11.8 Å². The van der Waals surface area contributed by atoms with E-state index in [4.69, 9.17) is 0 Å². The number of nitrogens with zero attached hydrogens (tertiary/aromatic N) is 3. The molecule has 22 heavy (non-hydrogen) atoms. The number of carboxylic acids is 1. The second kappa shape index (κ2) is 7.56. The van der Waals surface area contributed by atoms with Crippen LogP contribution in [-0.4, -0.2) is 71.7 Å². The Morgan fingerprint density at radius 1 is 1.36 bits per heavy atom. The predicted molar refractivity (Wildman–Crippen MR) is 87.6 cm³/mol.